The summed E-state index contributed by atoms with van der Waals surface area (Å²) < 4.78 is 0. The molecular formula is C14H30N2O2. The highest BCUT2D eigenvalue weighted by molar-refractivity contribution is 5.75. The van der Waals surface area contributed by atoms with E-state index < -0.39 is 5.60 Å². The first kappa shape index (κ1) is 17.4. The summed E-state index contributed by atoms with van der Waals surface area (Å²) in [5.74, 6) is 1.16. The molecule has 18 heavy (non-hydrogen) atoms. The molecule has 0 rings (SSSR count). The quantitative estimate of drug-likeness (QED) is 0.695. The van der Waals surface area contributed by atoms with Gasteiger partial charge < -0.3 is 15.7 Å². The molecule has 3 N–H and O–H groups in total. The van der Waals surface area contributed by atoms with Gasteiger partial charge in [-0.25, -0.2) is 0 Å². The summed E-state index contributed by atoms with van der Waals surface area (Å²) >= 11 is 0. The van der Waals surface area contributed by atoms with Crippen LogP contribution in [0.15, 0.2) is 0 Å². The van der Waals surface area contributed by atoms with Crippen molar-refractivity contribution in [2.75, 3.05) is 20.1 Å². The molecule has 4 nitrogen and oxygen atoms in total. The minimum atomic E-state index is -0.834. The fraction of sp³-hybridized carbons (Fsp3) is 0.929. The lowest BCUT2D eigenvalue weighted by molar-refractivity contribution is -0.132. The summed E-state index contributed by atoms with van der Waals surface area (Å²) in [7, 11) is 1.74. The van der Waals surface area contributed by atoms with Gasteiger partial charge in [0.05, 0.1) is 5.60 Å². The highest BCUT2D eigenvalue weighted by atomic mass is 16.3. The monoisotopic (exact) mass is 258 g/mol. The lowest BCUT2D eigenvalue weighted by atomic mass is 9.88. The standard InChI is InChI=1S/C14H30N2O2/c1-11(2)12(8-9-15)6-7-13(17)16(5)10-14(3,4)18/h11-12,18H,6-10,15H2,1-5H3. The molecule has 108 valence electrons. The zero-order chi connectivity index (χ0) is 14.3. The maximum atomic E-state index is 11.9. The van der Waals surface area contributed by atoms with E-state index >= 15 is 0 Å². The van der Waals surface area contributed by atoms with Crippen molar-refractivity contribution in [3.8, 4) is 0 Å². The lowest BCUT2D eigenvalue weighted by Crippen LogP contribution is -2.39. The number of carbonyl (C=O) groups excluding carboxylic acids is 1. The van der Waals surface area contributed by atoms with Crippen LogP contribution in [0.5, 0.6) is 0 Å². The van der Waals surface area contributed by atoms with Crippen LogP contribution in [0.2, 0.25) is 0 Å². The van der Waals surface area contributed by atoms with Gasteiger partial charge in [0.2, 0.25) is 5.91 Å². The number of amides is 1. The Morgan fingerprint density at radius 2 is 1.89 bits per heavy atom. The molecule has 0 fully saturated rings. The number of nitrogens with two attached hydrogens (primary N) is 1. The Bertz CT molecular complexity index is 247. The SMILES string of the molecule is CC(C)C(CCN)CCC(=O)N(C)CC(C)(C)O. The Labute approximate surface area is 112 Å². The van der Waals surface area contributed by atoms with Gasteiger partial charge in [0, 0.05) is 20.0 Å². The van der Waals surface area contributed by atoms with E-state index in [1.807, 2.05) is 0 Å². The first-order valence-corrected chi connectivity index (χ1v) is 6.83. The van der Waals surface area contributed by atoms with Gasteiger partial charge in [-0.15, -0.1) is 0 Å². The van der Waals surface area contributed by atoms with Crippen LogP contribution < -0.4 is 5.73 Å². The lowest BCUT2D eigenvalue weighted by Gasteiger charge is -2.27. The normalized spacial score (nSPS) is 13.8. The molecule has 0 bridgehead atoms. The summed E-state index contributed by atoms with van der Waals surface area (Å²) in [5.41, 5.74) is 4.75. The molecule has 0 aromatic rings. The van der Waals surface area contributed by atoms with E-state index in [4.69, 9.17) is 5.73 Å². The van der Waals surface area contributed by atoms with Crippen LogP contribution in [0.25, 0.3) is 0 Å². The van der Waals surface area contributed by atoms with Crippen LogP contribution in [-0.2, 0) is 4.79 Å². The van der Waals surface area contributed by atoms with E-state index in [-0.39, 0.29) is 5.91 Å². The van der Waals surface area contributed by atoms with Crippen molar-refractivity contribution in [1.82, 2.24) is 4.90 Å². The van der Waals surface area contributed by atoms with Crippen molar-refractivity contribution in [3.63, 3.8) is 0 Å². The third-order valence-electron chi connectivity index (χ3n) is 3.26. The molecular weight excluding hydrogens is 228 g/mol. The summed E-state index contributed by atoms with van der Waals surface area (Å²) in [4.78, 5) is 13.5. The van der Waals surface area contributed by atoms with E-state index in [0.717, 1.165) is 12.8 Å². The summed E-state index contributed by atoms with van der Waals surface area (Å²) in [5, 5.41) is 9.68. The van der Waals surface area contributed by atoms with Crippen LogP contribution in [0.3, 0.4) is 0 Å². The van der Waals surface area contributed by atoms with Crippen LogP contribution in [0, 0.1) is 11.8 Å². The predicted molar refractivity (Wildman–Crippen MR) is 75.2 cm³/mol. The molecule has 0 radical (unpaired) electrons. The first-order valence-electron chi connectivity index (χ1n) is 6.83. The number of nitrogens with zero attached hydrogens (tertiary/aromatic N) is 1. The van der Waals surface area contributed by atoms with E-state index in [1.54, 1.807) is 25.8 Å². The van der Waals surface area contributed by atoms with Gasteiger partial charge in [-0.1, -0.05) is 13.8 Å². The van der Waals surface area contributed by atoms with E-state index in [0.29, 0.717) is 31.3 Å². The molecule has 0 heterocycles. The fourth-order valence-corrected chi connectivity index (χ4v) is 2.19. The van der Waals surface area contributed by atoms with Crippen LogP contribution in [0.4, 0.5) is 0 Å². The van der Waals surface area contributed by atoms with E-state index in [2.05, 4.69) is 13.8 Å². The maximum absolute atomic E-state index is 11.9. The number of aliphatic hydroxyl groups is 1. The molecule has 0 aromatic heterocycles. The van der Waals surface area contributed by atoms with Gasteiger partial charge in [0.15, 0.2) is 0 Å². The number of carbonyl (C=O) groups is 1. The van der Waals surface area contributed by atoms with Gasteiger partial charge in [-0.2, -0.15) is 0 Å². The second-order valence-electron chi connectivity index (χ2n) is 6.18. The molecule has 0 aliphatic rings. The third kappa shape index (κ3) is 7.67. The third-order valence-corrected chi connectivity index (χ3v) is 3.26. The average Bonchev–Trinajstić information content (AvgIpc) is 2.20. The van der Waals surface area contributed by atoms with Crippen molar-refractivity contribution in [1.29, 1.82) is 0 Å². The molecule has 0 saturated heterocycles. The van der Waals surface area contributed by atoms with Gasteiger partial charge in [0.1, 0.15) is 0 Å². The number of hydrogen-bond donors (Lipinski definition) is 2. The molecule has 0 aliphatic carbocycles. The van der Waals surface area contributed by atoms with Crippen molar-refractivity contribution in [2.24, 2.45) is 17.6 Å². The smallest absolute Gasteiger partial charge is 0.222 e. The molecule has 4 heteroatoms. The average molecular weight is 258 g/mol. The van der Waals surface area contributed by atoms with Gasteiger partial charge >= 0.3 is 0 Å². The summed E-state index contributed by atoms with van der Waals surface area (Å²) in [6, 6.07) is 0. The molecule has 0 aromatic carbocycles. The van der Waals surface area contributed by atoms with Crippen LogP contribution in [-0.4, -0.2) is 41.7 Å². The van der Waals surface area contributed by atoms with Crippen molar-refractivity contribution >= 4 is 5.91 Å². The van der Waals surface area contributed by atoms with Crippen LogP contribution >= 0.6 is 0 Å². The van der Waals surface area contributed by atoms with Crippen LogP contribution in [0.1, 0.15) is 47.0 Å². The zero-order valence-corrected chi connectivity index (χ0v) is 12.6. The van der Waals surface area contributed by atoms with E-state index in [1.165, 1.54) is 0 Å². The molecule has 1 amide bonds. The second kappa shape index (κ2) is 7.74. The fourth-order valence-electron chi connectivity index (χ4n) is 2.19. The molecule has 0 aliphatic heterocycles. The topological polar surface area (TPSA) is 66.6 Å². The minimum absolute atomic E-state index is 0.0970. The molecule has 1 atom stereocenters. The summed E-state index contributed by atoms with van der Waals surface area (Å²) in [6.45, 7) is 8.81. The number of likely N-dealkylation sites (N-methyl/N-ethyl adjacent to an activating group) is 1. The predicted octanol–water partition coefficient (Wildman–Crippen LogP) is 1.62. The molecule has 0 spiro atoms. The Balaban J connectivity index is 4.15. The van der Waals surface area contributed by atoms with Gasteiger partial charge in [-0.05, 0) is 45.1 Å². The second-order valence-corrected chi connectivity index (χ2v) is 6.18. The largest absolute Gasteiger partial charge is 0.389 e. The van der Waals surface area contributed by atoms with E-state index in [9.17, 15) is 9.90 Å². The Kier molecular flexibility index (Phi) is 7.48. The van der Waals surface area contributed by atoms with Gasteiger partial charge in [-0.3, -0.25) is 4.79 Å². The first-order chi connectivity index (χ1) is 8.17. The highest BCUT2D eigenvalue weighted by Crippen LogP contribution is 2.21. The Morgan fingerprint density at radius 3 is 2.28 bits per heavy atom. The van der Waals surface area contributed by atoms with Crippen molar-refractivity contribution in [2.45, 2.75) is 52.6 Å². The Morgan fingerprint density at radius 1 is 1.33 bits per heavy atom. The summed E-state index contributed by atoms with van der Waals surface area (Å²) in [6.07, 6.45) is 2.39. The Hall–Kier alpha value is -0.610. The highest BCUT2D eigenvalue weighted by Gasteiger charge is 2.20. The van der Waals surface area contributed by atoms with Crippen molar-refractivity contribution < 1.29 is 9.90 Å². The van der Waals surface area contributed by atoms with Crippen molar-refractivity contribution in [3.05, 3.63) is 0 Å². The maximum Gasteiger partial charge on any atom is 0.222 e. The minimum Gasteiger partial charge on any atom is -0.389 e. The zero-order valence-electron chi connectivity index (χ0n) is 12.6. The van der Waals surface area contributed by atoms with Gasteiger partial charge in [0.25, 0.3) is 0 Å². The number of rotatable bonds is 8. The number of hydrogen-bond acceptors (Lipinski definition) is 3. The molecule has 0 saturated carbocycles. The molecule has 1 unspecified atom stereocenters.